The molecule has 1 unspecified atom stereocenters. The van der Waals surface area contributed by atoms with Gasteiger partial charge in [-0.1, -0.05) is 18.2 Å². The Balaban J connectivity index is 1.54. The van der Waals surface area contributed by atoms with Crippen LogP contribution in [0.1, 0.15) is 12.8 Å². The second kappa shape index (κ2) is 7.08. The maximum Gasteiger partial charge on any atom is 0.179 e. The molecule has 6 heteroatoms. The summed E-state index contributed by atoms with van der Waals surface area (Å²) in [6.07, 6.45) is 2.06. The van der Waals surface area contributed by atoms with E-state index in [0.717, 1.165) is 25.9 Å². The topological polar surface area (TPSA) is 55.8 Å². The van der Waals surface area contributed by atoms with Gasteiger partial charge >= 0.3 is 0 Å². The van der Waals surface area contributed by atoms with Crippen molar-refractivity contribution in [3.63, 3.8) is 0 Å². The molecule has 5 nitrogen and oxygen atoms in total. The second-order valence-corrected chi connectivity index (χ2v) is 8.05. The van der Waals surface area contributed by atoms with Crippen LogP contribution in [0, 0.1) is 5.92 Å². The van der Waals surface area contributed by atoms with Crippen molar-refractivity contribution in [3.05, 3.63) is 30.3 Å². The van der Waals surface area contributed by atoms with Crippen molar-refractivity contribution in [1.82, 2.24) is 4.90 Å². The van der Waals surface area contributed by atoms with E-state index in [1.54, 1.807) is 24.3 Å². The molecule has 22 heavy (non-hydrogen) atoms. The zero-order chi connectivity index (χ0) is 15.4. The van der Waals surface area contributed by atoms with E-state index in [2.05, 4.69) is 4.90 Å². The third kappa shape index (κ3) is 3.87. The van der Waals surface area contributed by atoms with Crippen molar-refractivity contribution >= 4 is 9.84 Å². The Kier molecular flexibility index (Phi) is 5.13. The van der Waals surface area contributed by atoms with Gasteiger partial charge in [0.15, 0.2) is 16.1 Å². The highest BCUT2D eigenvalue weighted by atomic mass is 32.2. The highest BCUT2D eigenvalue weighted by Crippen LogP contribution is 2.25. The van der Waals surface area contributed by atoms with Crippen LogP contribution in [-0.2, 0) is 19.3 Å². The molecule has 2 fully saturated rings. The molecule has 2 aliphatic heterocycles. The first kappa shape index (κ1) is 15.9. The molecule has 0 amide bonds. The van der Waals surface area contributed by atoms with Crippen LogP contribution in [0.15, 0.2) is 35.2 Å². The third-order valence-electron chi connectivity index (χ3n) is 4.35. The number of hydrogen-bond donors (Lipinski definition) is 0. The number of sulfone groups is 1. The van der Waals surface area contributed by atoms with Crippen LogP contribution in [0.5, 0.6) is 0 Å². The monoisotopic (exact) mass is 325 g/mol. The molecule has 1 aromatic rings. The molecule has 2 saturated heterocycles. The summed E-state index contributed by atoms with van der Waals surface area (Å²) in [6.45, 7) is 3.72. The molecule has 0 bridgehead atoms. The fraction of sp³-hybridized carbons (Fsp3) is 0.625. The Morgan fingerprint density at radius 2 is 1.86 bits per heavy atom. The standard InChI is InChI=1S/C16H23NO4S/c18-22(19,15-6-2-1-3-7-15)12-9-17-8-4-5-14(13-17)16-20-10-11-21-16/h1-3,6-7,14,16H,4-5,8-13H2. The van der Waals surface area contributed by atoms with Crippen LogP contribution < -0.4 is 0 Å². The predicted molar refractivity (Wildman–Crippen MR) is 83.4 cm³/mol. The smallest absolute Gasteiger partial charge is 0.179 e. The van der Waals surface area contributed by atoms with E-state index in [1.807, 2.05) is 6.07 Å². The van der Waals surface area contributed by atoms with Crippen LogP contribution in [0.4, 0.5) is 0 Å². The molecule has 0 saturated carbocycles. The largest absolute Gasteiger partial charge is 0.350 e. The lowest BCUT2D eigenvalue weighted by molar-refractivity contribution is -0.0995. The number of hydrogen-bond acceptors (Lipinski definition) is 5. The lowest BCUT2D eigenvalue weighted by atomic mass is 9.97. The normalized spacial score (nSPS) is 24.6. The van der Waals surface area contributed by atoms with E-state index in [4.69, 9.17) is 9.47 Å². The number of rotatable bonds is 5. The first-order valence-corrected chi connectivity index (χ1v) is 9.54. The van der Waals surface area contributed by atoms with E-state index >= 15 is 0 Å². The minimum absolute atomic E-state index is 0.103. The zero-order valence-electron chi connectivity index (χ0n) is 12.7. The summed E-state index contributed by atoms with van der Waals surface area (Å²) in [6, 6.07) is 8.68. The van der Waals surface area contributed by atoms with Crippen molar-refractivity contribution in [3.8, 4) is 0 Å². The molecule has 2 aliphatic rings. The number of benzene rings is 1. The summed E-state index contributed by atoms with van der Waals surface area (Å²) in [5, 5.41) is 0. The molecule has 1 atom stereocenters. The summed E-state index contributed by atoms with van der Waals surface area (Å²) in [5.74, 6) is 0.520. The number of piperidine rings is 1. The predicted octanol–water partition coefficient (Wildman–Crippen LogP) is 1.55. The number of ether oxygens (including phenoxy) is 2. The Morgan fingerprint density at radius 3 is 2.59 bits per heavy atom. The first-order chi connectivity index (χ1) is 10.6. The van der Waals surface area contributed by atoms with Gasteiger partial charge in [0.05, 0.1) is 23.9 Å². The van der Waals surface area contributed by atoms with E-state index in [1.165, 1.54) is 0 Å². The Morgan fingerprint density at radius 1 is 1.14 bits per heavy atom. The number of nitrogens with zero attached hydrogens (tertiary/aromatic N) is 1. The molecule has 0 aliphatic carbocycles. The second-order valence-electron chi connectivity index (χ2n) is 5.94. The van der Waals surface area contributed by atoms with Gasteiger partial charge in [-0.05, 0) is 31.5 Å². The van der Waals surface area contributed by atoms with Gasteiger partial charge < -0.3 is 14.4 Å². The maximum absolute atomic E-state index is 12.3. The lowest BCUT2D eigenvalue weighted by Crippen LogP contribution is -2.42. The molecular weight excluding hydrogens is 302 g/mol. The van der Waals surface area contributed by atoms with Gasteiger partial charge in [-0.3, -0.25) is 0 Å². The third-order valence-corrected chi connectivity index (χ3v) is 6.06. The van der Waals surface area contributed by atoms with Crippen LogP contribution in [-0.4, -0.2) is 58.2 Å². The Bertz CT molecular complexity index is 569. The average molecular weight is 325 g/mol. The molecule has 0 spiro atoms. The Hall–Kier alpha value is -0.950. The molecule has 122 valence electrons. The van der Waals surface area contributed by atoms with Crippen molar-refractivity contribution < 1.29 is 17.9 Å². The molecule has 0 N–H and O–H groups in total. The molecule has 2 heterocycles. The van der Waals surface area contributed by atoms with Gasteiger partial charge in [0.25, 0.3) is 0 Å². The molecular formula is C16H23NO4S. The van der Waals surface area contributed by atoms with Crippen LogP contribution >= 0.6 is 0 Å². The quantitative estimate of drug-likeness (QED) is 0.822. The van der Waals surface area contributed by atoms with Crippen LogP contribution in [0.3, 0.4) is 0 Å². The van der Waals surface area contributed by atoms with Crippen molar-refractivity contribution in [2.24, 2.45) is 5.92 Å². The molecule has 0 aromatic heterocycles. The van der Waals surface area contributed by atoms with Gasteiger partial charge in [-0.2, -0.15) is 0 Å². The highest BCUT2D eigenvalue weighted by Gasteiger charge is 2.31. The van der Waals surface area contributed by atoms with E-state index in [0.29, 0.717) is 30.6 Å². The fourth-order valence-corrected chi connectivity index (χ4v) is 4.47. The van der Waals surface area contributed by atoms with Crippen molar-refractivity contribution in [1.29, 1.82) is 0 Å². The van der Waals surface area contributed by atoms with Crippen molar-refractivity contribution in [2.45, 2.75) is 24.0 Å². The first-order valence-electron chi connectivity index (χ1n) is 7.88. The van der Waals surface area contributed by atoms with Gasteiger partial charge in [-0.15, -0.1) is 0 Å². The van der Waals surface area contributed by atoms with Gasteiger partial charge in [0.2, 0.25) is 0 Å². The Labute approximate surface area is 132 Å². The highest BCUT2D eigenvalue weighted by molar-refractivity contribution is 7.91. The van der Waals surface area contributed by atoms with E-state index < -0.39 is 9.84 Å². The zero-order valence-corrected chi connectivity index (χ0v) is 13.5. The van der Waals surface area contributed by atoms with Crippen LogP contribution in [0.25, 0.3) is 0 Å². The van der Waals surface area contributed by atoms with Crippen LogP contribution in [0.2, 0.25) is 0 Å². The molecule has 3 rings (SSSR count). The minimum Gasteiger partial charge on any atom is -0.350 e. The summed E-state index contributed by atoms with van der Waals surface area (Å²) >= 11 is 0. The summed E-state index contributed by atoms with van der Waals surface area (Å²) < 4.78 is 35.8. The van der Waals surface area contributed by atoms with Gasteiger partial charge in [0.1, 0.15) is 0 Å². The maximum atomic E-state index is 12.3. The molecule has 1 aromatic carbocycles. The fourth-order valence-electron chi connectivity index (χ4n) is 3.16. The van der Waals surface area contributed by atoms with E-state index in [-0.39, 0.29) is 12.0 Å². The average Bonchev–Trinajstić information content (AvgIpc) is 3.09. The SMILES string of the molecule is O=S(=O)(CCN1CCCC(C2OCCO2)C1)c1ccccc1. The summed E-state index contributed by atoms with van der Waals surface area (Å²) in [5.41, 5.74) is 0. The van der Waals surface area contributed by atoms with Gasteiger partial charge in [0, 0.05) is 19.0 Å². The van der Waals surface area contributed by atoms with Gasteiger partial charge in [-0.25, -0.2) is 8.42 Å². The van der Waals surface area contributed by atoms with E-state index in [9.17, 15) is 8.42 Å². The minimum atomic E-state index is -3.20. The lowest BCUT2D eigenvalue weighted by Gasteiger charge is -2.34. The number of likely N-dealkylation sites (tertiary alicyclic amines) is 1. The molecule has 0 radical (unpaired) electrons. The van der Waals surface area contributed by atoms with Crippen molar-refractivity contribution in [2.75, 3.05) is 38.6 Å². The summed E-state index contributed by atoms with van der Waals surface area (Å²) in [7, 11) is -3.20. The summed E-state index contributed by atoms with van der Waals surface area (Å²) in [4.78, 5) is 2.63.